The van der Waals surface area contributed by atoms with E-state index in [2.05, 4.69) is 12.2 Å². The summed E-state index contributed by atoms with van der Waals surface area (Å²) < 4.78 is 32.5. The first-order valence-electron chi connectivity index (χ1n) is 8.72. The highest BCUT2D eigenvalue weighted by molar-refractivity contribution is 7.89. The number of nitrogens with zero attached hydrogens (tertiary/aromatic N) is 1. The first-order valence-corrected chi connectivity index (χ1v) is 10.2. The summed E-state index contributed by atoms with van der Waals surface area (Å²) in [4.78, 5) is 12.6. The normalized spacial score (nSPS) is 16.0. The minimum atomic E-state index is -3.66. The number of ether oxygens (including phenoxy) is 1. The van der Waals surface area contributed by atoms with Gasteiger partial charge in [0.2, 0.25) is 10.0 Å². The van der Waals surface area contributed by atoms with Gasteiger partial charge < -0.3 is 10.1 Å². The van der Waals surface area contributed by atoms with E-state index in [1.165, 1.54) is 17.5 Å². The summed E-state index contributed by atoms with van der Waals surface area (Å²) in [5.41, 5.74) is -0.0255. The third-order valence-corrected chi connectivity index (χ3v) is 6.36. The Morgan fingerprint density at radius 3 is 2.48 bits per heavy atom. The van der Waals surface area contributed by atoms with E-state index in [1.807, 2.05) is 13.8 Å². The van der Waals surface area contributed by atoms with Gasteiger partial charge in [0.25, 0.3) is 5.91 Å². The quantitative estimate of drug-likeness (QED) is 0.803. The van der Waals surface area contributed by atoms with Crippen molar-refractivity contribution in [3.63, 3.8) is 0 Å². The Balaban J connectivity index is 2.35. The van der Waals surface area contributed by atoms with Crippen LogP contribution in [0, 0.1) is 0 Å². The average Bonchev–Trinajstić information content (AvgIpc) is 3.08. The number of sulfonamides is 1. The van der Waals surface area contributed by atoms with Crippen molar-refractivity contribution < 1.29 is 17.9 Å². The zero-order valence-corrected chi connectivity index (χ0v) is 16.3. The van der Waals surface area contributed by atoms with Gasteiger partial charge in [-0.15, -0.1) is 0 Å². The molecule has 0 saturated carbocycles. The van der Waals surface area contributed by atoms with E-state index in [-0.39, 0.29) is 22.1 Å². The summed E-state index contributed by atoms with van der Waals surface area (Å²) in [6.45, 7) is 6.98. The first-order chi connectivity index (χ1) is 11.7. The number of carbonyl (C=O) groups is 1. The van der Waals surface area contributed by atoms with E-state index in [9.17, 15) is 13.2 Å². The predicted octanol–water partition coefficient (Wildman–Crippen LogP) is 2.79. The molecule has 140 valence electrons. The Morgan fingerprint density at radius 1 is 1.28 bits per heavy atom. The molecule has 0 bridgehead atoms. The van der Waals surface area contributed by atoms with Crippen LogP contribution in [0.15, 0.2) is 23.1 Å². The lowest BCUT2D eigenvalue weighted by Crippen LogP contribution is -2.43. The van der Waals surface area contributed by atoms with Gasteiger partial charge in [0.05, 0.1) is 7.11 Å². The summed E-state index contributed by atoms with van der Waals surface area (Å²) in [5, 5.41) is 2.97. The molecule has 1 fully saturated rings. The van der Waals surface area contributed by atoms with Crippen LogP contribution in [0.4, 0.5) is 0 Å². The monoisotopic (exact) mass is 368 g/mol. The lowest BCUT2D eigenvalue weighted by molar-refractivity contribution is 0.0908. The molecule has 1 aliphatic heterocycles. The summed E-state index contributed by atoms with van der Waals surface area (Å²) in [5.74, 6) is -0.0183. The van der Waals surface area contributed by atoms with Crippen LogP contribution in [0.5, 0.6) is 5.75 Å². The molecule has 25 heavy (non-hydrogen) atoms. The predicted molar refractivity (Wildman–Crippen MR) is 97.4 cm³/mol. The third kappa shape index (κ3) is 4.52. The molecule has 2 rings (SSSR count). The molecule has 1 N–H and O–H groups in total. The van der Waals surface area contributed by atoms with Crippen LogP contribution < -0.4 is 10.1 Å². The minimum absolute atomic E-state index is 0.0536. The molecule has 1 saturated heterocycles. The Kier molecular flexibility index (Phi) is 6.11. The smallest absolute Gasteiger partial charge is 0.251 e. The first kappa shape index (κ1) is 19.7. The Labute approximate surface area is 150 Å². The van der Waals surface area contributed by atoms with Crippen molar-refractivity contribution in [3.8, 4) is 5.75 Å². The highest BCUT2D eigenvalue weighted by Crippen LogP contribution is 2.30. The molecular formula is C18H28N2O4S. The van der Waals surface area contributed by atoms with Crippen molar-refractivity contribution in [3.05, 3.63) is 23.8 Å². The van der Waals surface area contributed by atoms with Gasteiger partial charge in [-0.25, -0.2) is 8.42 Å². The second-order valence-corrected chi connectivity index (χ2v) is 8.97. The number of hydrogen-bond donors (Lipinski definition) is 1. The molecule has 0 aromatic heterocycles. The Hall–Kier alpha value is -1.60. The lowest BCUT2D eigenvalue weighted by atomic mass is 9.98. The van der Waals surface area contributed by atoms with Crippen LogP contribution in [0.3, 0.4) is 0 Å². The van der Waals surface area contributed by atoms with E-state index in [0.29, 0.717) is 18.7 Å². The molecule has 1 aromatic rings. The van der Waals surface area contributed by atoms with Crippen molar-refractivity contribution in [2.24, 2.45) is 0 Å². The molecule has 6 nitrogen and oxygen atoms in total. The number of hydrogen-bond acceptors (Lipinski definition) is 4. The second-order valence-electron chi connectivity index (χ2n) is 7.06. The molecule has 0 radical (unpaired) electrons. The SMILES string of the molecule is CCCC(C)(C)NC(=O)c1ccc(OC)c(S(=O)(=O)N2CCCC2)c1. The fraction of sp³-hybridized carbons (Fsp3) is 0.611. The van der Waals surface area contributed by atoms with Crippen LogP contribution in [0.25, 0.3) is 0 Å². The maximum absolute atomic E-state index is 12.9. The molecule has 7 heteroatoms. The fourth-order valence-corrected chi connectivity index (χ4v) is 4.85. The average molecular weight is 368 g/mol. The highest BCUT2D eigenvalue weighted by Gasteiger charge is 2.31. The van der Waals surface area contributed by atoms with Crippen LogP contribution in [0.2, 0.25) is 0 Å². The van der Waals surface area contributed by atoms with Gasteiger partial charge in [0.15, 0.2) is 0 Å². The standard InChI is InChI=1S/C18H28N2O4S/c1-5-10-18(2,3)19-17(21)14-8-9-15(24-4)16(13-14)25(22,23)20-11-6-7-12-20/h8-9,13H,5-7,10-12H2,1-4H3,(H,19,21). The Morgan fingerprint density at radius 2 is 1.92 bits per heavy atom. The zero-order chi connectivity index (χ0) is 18.7. The topological polar surface area (TPSA) is 75.7 Å². The maximum atomic E-state index is 12.9. The second kappa shape index (κ2) is 7.74. The van der Waals surface area contributed by atoms with E-state index >= 15 is 0 Å². The third-order valence-electron chi connectivity index (χ3n) is 4.44. The van der Waals surface area contributed by atoms with Gasteiger partial charge in [-0.2, -0.15) is 4.31 Å². The Bertz CT molecular complexity index is 723. The molecule has 1 amide bonds. The highest BCUT2D eigenvalue weighted by atomic mass is 32.2. The summed E-state index contributed by atoms with van der Waals surface area (Å²) in [6, 6.07) is 4.56. The van der Waals surface area contributed by atoms with Crippen LogP contribution >= 0.6 is 0 Å². The van der Waals surface area contributed by atoms with Gasteiger partial charge in [0.1, 0.15) is 10.6 Å². The number of rotatable bonds is 7. The van der Waals surface area contributed by atoms with Gasteiger partial charge >= 0.3 is 0 Å². The van der Waals surface area contributed by atoms with Crippen LogP contribution in [0.1, 0.15) is 56.8 Å². The zero-order valence-electron chi connectivity index (χ0n) is 15.5. The largest absolute Gasteiger partial charge is 0.495 e. The van der Waals surface area contributed by atoms with Gasteiger partial charge in [-0.1, -0.05) is 13.3 Å². The molecule has 0 unspecified atom stereocenters. The van der Waals surface area contributed by atoms with Crippen LogP contribution in [-0.4, -0.2) is 44.4 Å². The molecule has 0 aliphatic carbocycles. The number of amides is 1. The van der Waals surface area contributed by atoms with Gasteiger partial charge in [-0.3, -0.25) is 4.79 Å². The molecule has 0 atom stereocenters. The van der Waals surface area contributed by atoms with Crippen molar-refractivity contribution in [1.82, 2.24) is 9.62 Å². The summed E-state index contributed by atoms with van der Waals surface area (Å²) >= 11 is 0. The molecule has 1 heterocycles. The van der Waals surface area contributed by atoms with E-state index in [1.54, 1.807) is 12.1 Å². The number of methoxy groups -OCH3 is 1. The van der Waals surface area contributed by atoms with E-state index in [0.717, 1.165) is 25.7 Å². The summed E-state index contributed by atoms with van der Waals surface area (Å²) in [6.07, 6.45) is 3.50. The summed E-state index contributed by atoms with van der Waals surface area (Å²) in [7, 11) is -2.23. The fourth-order valence-electron chi connectivity index (χ4n) is 3.15. The number of nitrogens with one attached hydrogen (secondary N) is 1. The minimum Gasteiger partial charge on any atom is -0.495 e. The van der Waals surface area contributed by atoms with E-state index in [4.69, 9.17) is 4.74 Å². The van der Waals surface area contributed by atoms with Crippen molar-refractivity contribution in [2.75, 3.05) is 20.2 Å². The van der Waals surface area contributed by atoms with Gasteiger partial charge in [0, 0.05) is 24.2 Å². The van der Waals surface area contributed by atoms with Crippen LogP contribution in [-0.2, 0) is 10.0 Å². The molecular weight excluding hydrogens is 340 g/mol. The molecule has 1 aliphatic rings. The molecule has 0 spiro atoms. The van der Waals surface area contributed by atoms with Crippen molar-refractivity contribution in [1.29, 1.82) is 0 Å². The number of benzene rings is 1. The lowest BCUT2D eigenvalue weighted by Gasteiger charge is -2.26. The molecule has 1 aromatic carbocycles. The maximum Gasteiger partial charge on any atom is 0.251 e. The van der Waals surface area contributed by atoms with Crippen molar-refractivity contribution in [2.45, 2.75) is 56.9 Å². The number of carbonyl (C=O) groups excluding carboxylic acids is 1. The van der Waals surface area contributed by atoms with E-state index < -0.39 is 10.0 Å². The van der Waals surface area contributed by atoms with Crippen molar-refractivity contribution >= 4 is 15.9 Å². The van der Waals surface area contributed by atoms with Gasteiger partial charge in [-0.05, 0) is 51.3 Å².